The van der Waals surface area contributed by atoms with Crippen LogP contribution >= 0.6 is 0 Å². The van der Waals surface area contributed by atoms with Gasteiger partial charge in [-0.15, -0.1) is 0 Å². The Labute approximate surface area is 177 Å². The summed E-state index contributed by atoms with van der Waals surface area (Å²) < 4.78 is 29.4. The minimum absolute atomic E-state index is 0.0133. The van der Waals surface area contributed by atoms with Gasteiger partial charge < -0.3 is 20.1 Å². The number of anilines is 1. The van der Waals surface area contributed by atoms with E-state index in [0.717, 1.165) is 12.3 Å². The van der Waals surface area contributed by atoms with Crippen molar-refractivity contribution in [2.45, 2.75) is 33.4 Å². The SMILES string of the molecule is CC(C)(C)[C@@H](CO)n1cc(C(=O)O)c(=O)c2cc(NCc3ccc(F)cc3)c(F)cc21. The summed E-state index contributed by atoms with van der Waals surface area (Å²) in [6, 6.07) is 7.50. The Morgan fingerprint density at radius 1 is 1.16 bits per heavy atom. The number of halogens is 2. The number of benzene rings is 2. The van der Waals surface area contributed by atoms with Crippen molar-refractivity contribution in [1.82, 2.24) is 4.57 Å². The number of hydrogen-bond donors (Lipinski definition) is 3. The van der Waals surface area contributed by atoms with Crippen LogP contribution in [0.1, 0.15) is 42.7 Å². The van der Waals surface area contributed by atoms with E-state index in [1.807, 2.05) is 20.8 Å². The van der Waals surface area contributed by atoms with Crippen molar-refractivity contribution in [3.8, 4) is 0 Å². The van der Waals surface area contributed by atoms with Gasteiger partial charge in [-0.25, -0.2) is 13.6 Å². The second-order valence-electron chi connectivity index (χ2n) is 8.48. The lowest BCUT2D eigenvalue weighted by Crippen LogP contribution is -2.30. The number of aromatic carboxylic acids is 1. The van der Waals surface area contributed by atoms with Crippen LogP contribution in [0.3, 0.4) is 0 Å². The number of rotatable bonds is 6. The number of carboxylic acid groups (broad SMARTS) is 1. The van der Waals surface area contributed by atoms with Crippen LogP contribution < -0.4 is 10.7 Å². The van der Waals surface area contributed by atoms with E-state index < -0.39 is 34.2 Å². The summed E-state index contributed by atoms with van der Waals surface area (Å²) in [6.45, 7) is 5.41. The van der Waals surface area contributed by atoms with Crippen molar-refractivity contribution in [3.63, 3.8) is 0 Å². The van der Waals surface area contributed by atoms with Gasteiger partial charge in [0.25, 0.3) is 0 Å². The molecule has 1 heterocycles. The predicted molar refractivity (Wildman–Crippen MR) is 114 cm³/mol. The maximum atomic E-state index is 14.9. The number of carboxylic acids is 1. The molecule has 0 aliphatic carbocycles. The van der Waals surface area contributed by atoms with Crippen LogP contribution in [0.5, 0.6) is 0 Å². The Balaban J connectivity index is 2.16. The number of pyridine rings is 1. The van der Waals surface area contributed by atoms with Crippen LogP contribution in [0, 0.1) is 17.0 Å². The van der Waals surface area contributed by atoms with Crippen LogP contribution in [0.4, 0.5) is 14.5 Å². The van der Waals surface area contributed by atoms with Gasteiger partial charge in [0.05, 0.1) is 23.9 Å². The van der Waals surface area contributed by atoms with Gasteiger partial charge in [-0.1, -0.05) is 32.9 Å². The third kappa shape index (κ3) is 4.59. The van der Waals surface area contributed by atoms with Crippen LogP contribution in [0.2, 0.25) is 0 Å². The van der Waals surface area contributed by atoms with Gasteiger partial charge in [0.15, 0.2) is 0 Å². The zero-order valence-corrected chi connectivity index (χ0v) is 17.4. The van der Waals surface area contributed by atoms with Crippen molar-refractivity contribution in [1.29, 1.82) is 0 Å². The van der Waals surface area contributed by atoms with Crippen molar-refractivity contribution in [3.05, 3.63) is 75.6 Å². The number of fused-ring (bicyclic) bond motifs is 1. The standard InChI is InChI=1S/C23H24F2N2O4/c1-23(2,3)20(12-28)27-11-16(22(30)31)21(29)15-8-18(17(25)9-19(15)27)26-10-13-4-6-14(24)7-5-13/h4-9,11,20,26,28H,10,12H2,1-3H3,(H,30,31)/t20-/m1/s1. The maximum absolute atomic E-state index is 14.9. The van der Waals surface area contributed by atoms with E-state index in [1.54, 1.807) is 12.1 Å². The lowest BCUT2D eigenvalue weighted by Gasteiger charge is -2.33. The van der Waals surface area contributed by atoms with E-state index in [1.165, 1.54) is 22.8 Å². The van der Waals surface area contributed by atoms with E-state index >= 15 is 0 Å². The number of nitrogens with zero attached hydrogens (tertiary/aromatic N) is 1. The smallest absolute Gasteiger partial charge is 0.341 e. The first-order valence-electron chi connectivity index (χ1n) is 9.73. The minimum atomic E-state index is -1.41. The second-order valence-corrected chi connectivity index (χ2v) is 8.48. The van der Waals surface area contributed by atoms with E-state index in [-0.39, 0.29) is 35.6 Å². The number of carbonyl (C=O) groups is 1. The summed E-state index contributed by atoms with van der Waals surface area (Å²) in [5.74, 6) is -2.44. The summed E-state index contributed by atoms with van der Waals surface area (Å²) in [6.07, 6.45) is 1.16. The Bertz CT molecular complexity index is 1180. The highest BCUT2D eigenvalue weighted by Gasteiger charge is 2.28. The molecule has 0 bridgehead atoms. The van der Waals surface area contributed by atoms with Crippen LogP contribution in [-0.4, -0.2) is 27.4 Å². The molecule has 0 saturated carbocycles. The largest absolute Gasteiger partial charge is 0.477 e. The zero-order chi connectivity index (χ0) is 22.9. The quantitative estimate of drug-likeness (QED) is 0.546. The molecule has 0 unspecified atom stereocenters. The molecule has 6 nitrogen and oxygen atoms in total. The first-order valence-corrected chi connectivity index (χ1v) is 9.73. The van der Waals surface area contributed by atoms with Gasteiger partial charge in [0, 0.05) is 24.2 Å². The molecule has 1 aromatic heterocycles. The fourth-order valence-electron chi connectivity index (χ4n) is 3.49. The van der Waals surface area contributed by atoms with E-state index in [4.69, 9.17) is 0 Å². The third-order valence-electron chi connectivity index (χ3n) is 5.26. The normalized spacial score (nSPS) is 12.7. The highest BCUT2D eigenvalue weighted by atomic mass is 19.1. The average molecular weight is 430 g/mol. The molecule has 0 aliphatic rings. The Morgan fingerprint density at radius 3 is 2.35 bits per heavy atom. The van der Waals surface area contributed by atoms with Crippen molar-refractivity contribution < 1.29 is 23.8 Å². The Kier molecular flexibility index (Phi) is 6.13. The zero-order valence-electron chi connectivity index (χ0n) is 17.4. The van der Waals surface area contributed by atoms with Gasteiger partial charge in [0.1, 0.15) is 17.2 Å². The van der Waals surface area contributed by atoms with Crippen LogP contribution in [0.15, 0.2) is 47.4 Å². The highest BCUT2D eigenvalue weighted by molar-refractivity contribution is 5.93. The maximum Gasteiger partial charge on any atom is 0.341 e. The molecule has 2 aromatic carbocycles. The molecule has 0 radical (unpaired) electrons. The summed E-state index contributed by atoms with van der Waals surface area (Å²) in [5.41, 5.74) is -0.804. The molecule has 31 heavy (non-hydrogen) atoms. The first-order chi connectivity index (χ1) is 14.5. The topological polar surface area (TPSA) is 91.6 Å². The lowest BCUT2D eigenvalue weighted by molar-refractivity contribution is 0.0692. The molecule has 3 aromatic rings. The second kappa shape index (κ2) is 8.47. The molecule has 8 heteroatoms. The summed E-state index contributed by atoms with van der Waals surface area (Å²) in [7, 11) is 0. The van der Waals surface area contributed by atoms with Gasteiger partial charge >= 0.3 is 5.97 Å². The van der Waals surface area contributed by atoms with Gasteiger partial charge in [-0.2, -0.15) is 0 Å². The lowest BCUT2D eigenvalue weighted by atomic mass is 9.86. The molecule has 0 saturated heterocycles. The van der Waals surface area contributed by atoms with Gasteiger partial charge in [0.2, 0.25) is 5.43 Å². The fourth-order valence-corrected chi connectivity index (χ4v) is 3.49. The van der Waals surface area contributed by atoms with Crippen molar-refractivity contribution in [2.24, 2.45) is 5.41 Å². The third-order valence-corrected chi connectivity index (χ3v) is 5.26. The first kappa shape index (κ1) is 22.4. The molecule has 1 atom stereocenters. The number of aliphatic hydroxyl groups is 1. The molecule has 0 aliphatic heterocycles. The average Bonchev–Trinajstić information content (AvgIpc) is 2.69. The van der Waals surface area contributed by atoms with E-state index in [0.29, 0.717) is 5.56 Å². The number of aliphatic hydroxyl groups excluding tert-OH is 1. The van der Waals surface area contributed by atoms with Crippen molar-refractivity contribution in [2.75, 3.05) is 11.9 Å². The number of aromatic nitrogens is 1. The monoisotopic (exact) mass is 430 g/mol. The predicted octanol–water partition coefficient (Wildman–Crippen LogP) is 4.17. The minimum Gasteiger partial charge on any atom is -0.477 e. The summed E-state index contributed by atoms with van der Waals surface area (Å²) in [5, 5.41) is 22.3. The molecule has 164 valence electrons. The summed E-state index contributed by atoms with van der Waals surface area (Å²) >= 11 is 0. The Morgan fingerprint density at radius 2 is 1.81 bits per heavy atom. The van der Waals surface area contributed by atoms with E-state index in [2.05, 4.69) is 5.32 Å². The molecular formula is C23H24F2N2O4. The van der Waals surface area contributed by atoms with Crippen LogP contribution in [0.25, 0.3) is 10.9 Å². The summed E-state index contributed by atoms with van der Waals surface area (Å²) in [4.78, 5) is 24.5. The molecule has 3 N–H and O–H groups in total. The van der Waals surface area contributed by atoms with E-state index in [9.17, 15) is 28.6 Å². The molecule has 0 spiro atoms. The molecular weight excluding hydrogens is 406 g/mol. The Hall–Kier alpha value is -3.26. The highest BCUT2D eigenvalue weighted by Crippen LogP contribution is 2.33. The fraction of sp³-hybridized carbons (Fsp3) is 0.304. The molecule has 0 fully saturated rings. The van der Waals surface area contributed by atoms with Gasteiger partial charge in [-0.05, 0) is 29.2 Å². The molecule has 3 rings (SSSR count). The number of hydrogen-bond acceptors (Lipinski definition) is 4. The molecule has 0 amide bonds. The van der Waals surface area contributed by atoms with Crippen LogP contribution in [-0.2, 0) is 6.54 Å². The van der Waals surface area contributed by atoms with Gasteiger partial charge in [-0.3, -0.25) is 4.79 Å². The number of nitrogens with one attached hydrogen (secondary N) is 1. The van der Waals surface area contributed by atoms with Crippen molar-refractivity contribution >= 4 is 22.6 Å².